The molecule has 0 saturated heterocycles. The van der Waals surface area contributed by atoms with Crippen LogP contribution in [0.5, 0.6) is 0 Å². The summed E-state index contributed by atoms with van der Waals surface area (Å²) in [4.78, 5) is 0.183. The van der Waals surface area contributed by atoms with Crippen LogP contribution in [0.2, 0.25) is 5.02 Å². The summed E-state index contributed by atoms with van der Waals surface area (Å²) in [7, 11) is -3.50. The van der Waals surface area contributed by atoms with Crippen molar-refractivity contribution in [3.63, 3.8) is 0 Å². The highest BCUT2D eigenvalue weighted by Gasteiger charge is 2.24. The number of anilines is 1. The summed E-state index contributed by atoms with van der Waals surface area (Å²) >= 11 is 5.97. The zero-order chi connectivity index (χ0) is 20.3. The van der Waals surface area contributed by atoms with Crippen molar-refractivity contribution in [1.29, 1.82) is 0 Å². The van der Waals surface area contributed by atoms with Gasteiger partial charge in [0.05, 0.1) is 33.3 Å². The number of aromatic nitrogens is 2. The Morgan fingerprint density at radius 2 is 1.96 bits per heavy atom. The van der Waals surface area contributed by atoms with E-state index in [1.165, 1.54) is 35.3 Å². The van der Waals surface area contributed by atoms with E-state index in [4.69, 9.17) is 11.6 Å². The van der Waals surface area contributed by atoms with Gasteiger partial charge in [-0.2, -0.15) is 10.2 Å². The third-order valence-corrected chi connectivity index (χ3v) is 6.54. The molecule has 6 nitrogen and oxygen atoms in total. The average molecular weight is 421 g/mol. The van der Waals surface area contributed by atoms with Gasteiger partial charge in [0, 0.05) is 11.6 Å². The standard InChI is InChI=1S/C19H18ClFN4O2S/c1-13(2)28(26,27)18-6-4-3-5-17(18)25-19(9-10-23-25)24-22-12-14-7-8-15(21)11-16(14)20/h3-13,24H,1-2H3/b22-12+. The highest BCUT2D eigenvalue weighted by molar-refractivity contribution is 7.92. The van der Waals surface area contributed by atoms with E-state index >= 15 is 0 Å². The monoisotopic (exact) mass is 420 g/mol. The van der Waals surface area contributed by atoms with Crippen LogP contribution in [0.1, 0.15) is 19.4 Å². The highest BCUT2D eigenvalue weighted by Crippen LogP contribution is 2.26. The molecule has 0 unspecified atom stereocenters. The van der Waals surface area contributed by atoms with Crippen LogP contribution in [0.25, 0.3) is 5.69 Å². The third-order valence-electron chi connectivity index (χ3n) is 4.01. The largest absolute Gasteiger partial charge is 0.261 e. The van der Waals surface area contributed by atoms with Gasteiger partial charge in [0.1, 0.15) is 11.6 Å². The first-order valence-corrected chi connectivity index (χ1v) is 10.3. The Morgan fingerprint density at radius 3 is 2.68 bits per heavy atom. The number of halogens is 2. The maximum Gasteiger partial charge on any atom is 0.182 e. The van der Waals surface area contributed by atoms with Gasteiger partial charge in [-0.15, -0.1) is 0 Å². The topological polar surface area (TPSA) is 76.3 Å². The summed E-state index contributed by atoms with van der Waals surface area (Å²) in [5.41, 5.74) is 3.76. The van der Waals surface area contributed by atoms with E-state index in [9.17, 15) is 12.8 Å². The van der Waals surface area contributed by atoms with Crippen molar-refractivity contribution >= 4 is 33.5 Å². The molecule has 0 fully saturated rings. The quantitative estimate of drug-likeness (QED) is 0.476. The summed E-state index contributed by atoms with van der Waals surface area (Å²) in [5, 5.41) is 7.97. The lowest BCUT2D eigenvalue weighted by Crippen LogP contribution is -2.17. The molecule has 0 radical (unpaired) electrons. The van der Waals surface area contributed by atoms with Gasteiger partial charge < -0.3 is 0 Å². The van der Waals surface area contributed by atoms with Gasteiger partial charge in [-0.3, -0.25) is 5.43 Å². The predicted octanol–water partition coefficient (Wildman–Crippen LogP) is 4.29. The van der Waals surface area contributed by atoms with Gasteiger partial charge in [0.2, 0.25) is 0 Å². The second-order valence-electron chi connectivity index (χ2n) is 6.23. The first-order chi connectivity index (χ1) is 13.3. The predicted molar refractivity (Wildman–Crippen MR) is 109 cm³/mol. The summed E-state index contributed by atoms with van der Waals surface area (Å²) in [6.07, 6.45) is 2.97. The van der Waals surface area contributed by atoms with Crippen molar-refractivity contribution in [2.75, 3.05) is 5.43 Å². The number of nitrogens with zero attached hydrogens (tertiary/aromatic N) is 3. The van der Waals surface area contributed by atoms with E-state index in [-0.39, 0.29) is 9.92 Å². The summed E-state index contributed by atoms with van der Waals surface area (Å²) in [5.74, 6) is 0.0250. The van der Waals surface area contributed by atoms with Crippen LogP contribution in [0.3, 0.4) is 0 Å². The van der Waals surface area contributed by atoms with Crippen LogP contribution >= 0.6 is 11.6 Å². The van der Waals surface area contributed by atoms with Gasteiger partial charge in [-0.25, -0.2) is 17.5 Å². The lowest BCUT2D eigenvalue weighted by molar-refractivity contribution is 0.586. The molecule has 1 N–H and O–H groups in total. The Hall–Kier alpha value is -2.71. The zero-order valence-corrected chi connectivity index (χ0v) is 16.7. The molecule has 0 aliphatic rings. The molecule has 0 aliphatic carbocycles. The number of sulfone groups is 1. The first-order valence-electron chi connectivity index (χ1n) is 8.42. The van der Waals surface area contributed by atoms with E-state index in [2.05, 4.69) is 15.6 Å². The van der Waals surface area contributed by atoms with E-state index in [0.29, 0.717) is 17.1 Å². The minimum Gasteiger partial charge on any atom is -0.261 e. The fraction of sp³-hybridized carbons (Fsp3) is 0.158. The molecule has 0 spiro atoms. The molecular weight excluding hydrogens is 403 g/mol. The number of para-hydroxylation sites is 1. The molecule has 146 valence electrons. The molecule has 28 heavy (non-hydrogen) atoms. The molecule has 3 aromatic rings. The van der Waals surface area contributed by atoms with Crippen LogP contribution in [0.15, 0.2) is 64.7 Å². The molecule has 9 heteroatoms. The number of nitrogens with one attached hydrogen (secondary N) is 1. The fourth-order valence-corrected chi connectivity index (χ4v) is 3.92. The molecule has 0 bridgehead atoms. The molecule has 1 heterocycles. The van der Waals surface area contributed by atoms with Gasteiger partial charge >= 0.3 is 0 Å². The molecule has 0 aliphatic heterocycles. The van der Waals surface area contributed by atoms with Crippen molar-refractivity contribution in [1.82, 2.24) is 9.78 Å². The minimum atomic E-state index is -3.50. The van der Waals surface area contributed by atoms with Crippen LogP contribution < -0.4 is 5.43 Å². The zero-order valence-electron chi connectivity index (χ0n) is 15.2. The van der Waals surface area contributed by atoms with Gasteiger partial charge in [-0.05, 0) is 44.2 Å². The maximum absolute atomic E-state index is 13.1. The number of hydrogen-bond acceptors (Lipinski definition) is 5. The summed E-state index contributed by atoms with van der Waals surface area (Å²) in [6, 6.07) is 12.3. The fourth-order valence-electron chi connectivity index (χ4n) is 2.48. The molecular formula is C19H18ClFN4O2S. The Morgan fingerprint density at radius 1 is 1.21 bits per heavy atom. The summed E-state index contributed by atoms with van der Waals surface area (Å²) < 4.78 is 40.0. The second kappa shape index (κ2) is 8.12. The van der Waals surface area contributed by atoms with Gasteiger partial charge in [0.25, 0.3) is 0 Å². The molecule has 1 aromatic heterocycles. The number of rotatable bonds is 6. The van der Waals surface area contributed by atoms with Crippen molar-refractivity contribution < 1.29 is 12.8 Å². The average Bonchev–Trinajstić information content (AvgIpc) is 3.11. The van der Waals surface area contributed by atoms with E-state index in [0.717, 1.165) is 0 Å². The lowest BCUT2D eigenvalue weighted by atomic mass is 10.2. The van der Waals surface area contributed by atoms with E-state index in [1.807, 2.05) is 0 Å². The number of hydrogen-bond donors (Lipinski definition) is 1. The Kier molecular flexibility index (Phi) is 5.81. The SMILES string of the molecule is CC(C)S(=O)(=O)c1ccccc1-n1nccc1N/N=C/c1ccc(F)cc1Cl. The number of benzene rings is 2. The van der Waals surface area contributed by atoms with Crippen molar-refractivity contribution in [2.45, 2.75) is 24.0 Å². The van der Waals surface area contributed by atoms with Crippen molar-refractivity contribution in [2.24, 2.45) is 5.10 Å². The molecule has 0 atom stereocenters. The maximum atomic E-state index is 13.1. The van der Waals surface area contributed by atoms with Crippen LogP contribution in [0, 0.1) is 5.82 Å². The van der Waals surface area contributed by atoms with Crippen molar-refractivity contribution in [3.8, 4) is 5.69 Å². The third kappa shape index (κ3) is 4.07. The Labute approximate surface area is 167 Å². The van der Waals surface area contributed by atoms with Gasteiger partial charge in [0.15, 0.2) is 9.84 Å². The van der Waals surface area contributed by atoms with Crippen LogP contribution in [-0.4, -0.2) is 29.7 Å². The smallest absolute Gasteiger partial charge is 0.182 e. The van der Waals surface area contributed by atoms with Crippen LogP contribution in [0.4, 0.5) is 10.2 Å². The second-order valence-corrected chi connectivity index (χ2v) is 9.11. The Bertz CT molecular complexity index is 1130. The van der Waals surface area contributed by atoms with E-state index < -0.39 is 20.9 Å². The lowest BCUT2D eigenvalue weighted by Gasteiger charge is -2.14. The first kappa shape index (κ1) is 20.0. The molecule has 0 amide bonds. The van der Waals surface area contributed by atoms with Crippen molar-refractivity contribution in [3.05, 3.63) is 71.1 Å². The Balaban J connectivity index is 1.92. The van der Waals surface area contributed by atoms with E-state index in [1.54, 1.807) is 44.2 Å². The highest BCUT2D eigenvalue weighted by atomic mass is 35.5. The molecule has 0 saturated carbocycles. The molecule has 2 aromatic carbocycles. The number of hydrazone groups is 1. The van der Waals surface area contributed by atoms with Crippen LogP contribution in [-0.2, 0) is 9.84 Å². The normalized spacial score (nSPS) is 12.0. The minimum absolute atomic E-state index is 0.183. The summed E-state index contributed by atoms with van der Waals surface area (Å²) in [6.45, 7) is 3.26. The molecule has 3 rings (SSSR count). The van der Waals surface area contributed by atoms with Gasteiger partial charge in [-0.1, -0.05) is 23.7 Å².